The van der Waals surface area contributed by atoms with Gasteiger partial charge in [0.2, 0.25) is 0 Å². The number of rotatable bonds is 6. The van der Waals surface area contributed by atoms with Crippen LogP contribution < -0.4 is 20.1 Å². The summed E-state index contributed by atoms with van der Waals surface area (Å²) in [6.07, 6.45) is 4.14. The van der Waals surface area contributed by atoms with Crippen LogP contribution in [0.2, 0.25) is 0 Å². The Bertz CT molecular complexity index is 526. The third-order valence-corrected chi connectivity index (χ3v) is 3.54. The zero-order valence-electron chi connectivity index (χ0n) is 12.6. The van der Waals surface area contributed by atoms with Crippen LogP contribution in [0.25, 0.3) is 0 Å². The lowest BCUT2D eigenvalue weighted by Crippen LogP contribution is -2.27. The molecule has 0 atom stereocenters. The fraction of sp³-hybridized carbons (Fsp3) is 0.438. The van der Waals surface area contributed by atoms with Crippen molar-refractivity contribution in [1.82, 2.24) is 10.6 Å². The van der Waals surface area contributed by atoms with Crippen molar-refractivity contribution in [2.24, 2.45) is 0 Å². The van der Waals surface area contributed by atoms with E-state index in [-0.39, 0.29) is 5.91 Å². The lowest BCUT2D eigenvalue weighted by atomic mass is 10.1. The SMILES string of the molecule is COc1ccc(OC)c(C(=O)NCCC2=CCNCC2)c1. The predicted octanol–water partition coefficient (Wildman–Crippen LogP) is 1.74. The molecule has 5 heteroatoms. The third-order valence-electron chi connectivity index (χ3n) is 3.54. The van der Waals surface area contributed by atoms with E-state index in [4.69, 9.17) is 9.47 Å². The molecular formula is C16H22N2O3. The molecule has 1 amide bonds. The van der Waals surface area contributed by atoms with Gasteiger partial charge in [0.15, 0.2) is 0 Å². The average molecular weight is 290 g/mol. The van der Waals surface area contributed by atoms with E-state index in [1.54, 1.807) is 32.4 Å². The lowest BCUT2D eigenvalue weighted by Gasteiger charge is -2.15. The second-order valence-electron chi connectivity index (χ2n) is 4.89. The van der Waals surface area contributed by atoms with Gasteiger partial charge < -0.3 is 20.1 Å². The summed E-state index contributed by atoms with van der Waals surface area (Å²) in [6.45, 7) is 2.57. The first-order valence-corrected chi connectivity index (χ1v) is 7.13. The maximum atomic E-state index is 12.3. The minimum Gasteiger partial charge on any atom is -0.497 e. The molecule has 0 spiro atoms. The zero-order chi connectivity index (χ0) is 15.1. The van der Waals surface area contributed by atoms with E-state index in [2.05, 4.69) is 16.7 Å². The molecule has 0 saturated carbocycles. The number of amides is 1. The molecule has 1 aromatic rings. The number of methoxy groups -OCH3 is 2. The second-order valence-corrected chi connectivity index (χ2v) is 4.89. The first-order chi connectivity index (χ1) is 10.2. The normalized spacial score (nSPS) is 14.3. The van der Waals surface area contributed by atoms with Crippen molar-refractivity contribution in [2.75, 3.05) is 33.9 Å². The van der Waals surface area contributed by atoms with E-state index in [1.165, 1.54) is 5.57 Å². The summed E-state index contributed by atoms with van der Waals surface area (Å²) in [7, 11) is 3.13. The van der Waals surface area contributed by atoms with E-state index >= 15 is 0 Å². The third kappa shape index (κ3) is 4.23. The smallest absolute Gasteiger partial charge is 0.255 e. The van der Waals surface area contributed by atoms with Gasteiger partial charge in [-0.25, -0.2) is 0 Å². The van der Waals surface area contributed by atoms with E-state index in [1.807, 2.05) is 0 Å². The van der Waals surface area contributed by atoms with Gasteiger partial charge in [0.1, 0.15) is 11.5 Å². The van der Waals surface area contributed by atoms with E-state index < -0.39 is 0 Å². The molecule has 5 nitrogen and oxygen atoms in total. The van der Waals surface area contributed by atoms with Crippen LogP contribution in [-0.2, 0) is 0 Å². The summed E-state index contributed by atoms with van der Waals surface area (Å²) >= 11 is 0. The Kier molecular flexibility index (Phi) is 5.63. The maximum Gasteiger partial charge on any atom is 0.255 e. The standard InChI is InChI=1S/C16H22N2O3/c1-20-13-3-4-15(21-2)14(11-13)16(19)18-10-7-12-5-8-17-9-6-12/h3-5,11,17H,6-10H2,1-2H3,(H,18,19). The summed E-state index contributed by atoms with van der Waals surface area (Å²) < 4.78 is 10.4. The molecule has 1 aromatic carbocycles. The molecule has 1 aliphatic rings. The van der Waals surface area contributed by atoms with Crippen LogP contribution in [-0.4, -0.2) is 39.8 Å². The van der Waals surface area contributed by atoms with Gasteiger partial charge in [0.05, 0.1) is 19.8 Å². The van der Waals surface area contributed by atoms with Gasteiger partial charge in [0.25, 0.3) is 5.91 Å². The van der Waals surface area contributed by atoms with Crippen molar-refractivity contribution in [3.63, 3.8) is 0 Å². The topological polar surface area (TPSA) is 59.6 Å². The molecule has 0 radical (unpaired) electrons. The number of hydrogen-bond acceptors (Lipinski definition) is 4. The number of carbonyl (C=O) groups is 1. The first-order valence-electron chi connectivity index (χ1n) is 7.13. The Hall–Kier alpha value is -2.01. The fourth-order valence-corrected chi connectivity index (χ4v) is 2.32. The van der Waals surface area contributed by atoms with Crippen molar-refractivity contribution < 1.29 is 14.3 Å². The number of carbonyl (C=O) groups excluding carboxylic acids is 1. The monoisotopic (exact) mass is 290 g/mol. The Morgan fingerprint density at radius 2 is 2.19 bits per heavy atom. The molecular weight excluding hydrogens is 268 g/mol. The van der Waals surface area contributed by atoms with Crippen molar-refractivity contribution in [3.8, 4) is 11.5 Å². The van der Waals surface area contributed by atoms with E-state index in [9.17, 15) is 4.79 Å². The zero-order valence-corrected chi connectivity index (χ0v) is 12.6. The summed E-state index contributed by atoms with van der Waals surface area (Å²) in [4.78, 5) is 12.3. The number of nitrogens with one attached hydrogen (secondary N) is 2. The summed E-state index contributed by atoms with van der Waals surface area (Å²) in [5.41, 5.74) is 1.89. The highest BCUT2D eigenvalue weighted by Crippen LogP contribution is 2.23. The largest absolute Gasteiger partial charge is 0.497 e. The van der Waals surface area contributed by atoms with Crippen LogP contribution >= 0.6 is 0 Å². The van der Waals surface area contributed by atoms with E-state index in [0.717, 1.165) is 25.9 Å². The molecule has 21 heavy (non-hydrogen) atoms. The molecule has 0 bridgehead atoms. The molecule has 1 heterocycles. The van der Waals surface area contributed by atoms with Gasteiger partial charge in [-0.1, -0.05) is 11.6 Å². The molecule has 0 saturated heterocycles. The first kappa shape index (κ1) is 15.4. The highest BCUT2D eigenvalue weighted by atomic mass is 16.5. The Balaban J connectivity index is 1.94. The predicted molar refractivity (Wildman–Crippen MR) is 82.1 cm³/mol. The molecule has 0 fully saturated rings. The van der Waals surface area contributed by atoms with Gasteiger partial charge in [-0.2, -0.15) is 0 Å². The van der Waals surface area contributed by atoms with Gasteiger partial charge in [-0.05, 0) is 37.6 Å². The van der Waals surface area contributed by atoms with Crippen molar-refractivity contribution in [2.45, 2.75) is 12.8 Å². The minimum absolute atomic E-state index is 0.139. The molecule has 0 unspecified atom stereocenters. The molecule has 2 N–H and O–H groups in total. The molecule has 1 aliphatic heterocycles. The summed E-state index contributed by atoms with van der Waals surface area (Å²) in [6, 6.07) is 5.20. The van der Waals surface area contributed by atoms with E-state index in [0.29, 0.717) is 23.6 Å². The van der Waals surface area contributed by atoms with Crippen molar-refractivity contribution >= 4 is 5.91 Å². The minimum atomic E-state index is -0.139. The summed E-state index contributed by atoms with van der Waals surface area (Å²) in [5, 5.41) is 6.21. The summed E-state index contributed by atoms with van der Waals surface area (Å²) in [5.74, 6) is 1.05. The van der Waals surface area contributed by atoms with Crippen LogP contribution in [0.1, 0.15) is 23.2 Å². The Labute approximate surface area is 125 Å². The van der Waals surface area contributed by atoms with Crippen LogP contribution in [0.3, 0.4) is 0 Å². The van der Waals surface area contributed by atoms with Gasteiger partial charge in [-0.3, -0.25) is 4.79 Å². The van der Waals surface area contributed by atoms with Crippen LogP contribution in [0.5, 0.6) is 11.5 Å². The Morgan fingerprint density at radius 1 is 1.33 bits per heavy atom. The van der Waals surface area contributed by atoms with Crippen LogP contribution in [0.4, 0.5) is 0 Å². The highest BCUT2D eigenvalue weighted by Gasteiger charge is 2.13. The quantitative estimate of drug-likeness (QED) is 0.784. The van der Waals surface area contributed by atoms with Crippen molar-refractivity contribution in [3.05, 3.63) is 35.4 Å². The molecule has 2 rings (SSSR count). The molecule has 0 aliphatic carbocycles. The van der Waals surface area contributed by atoms with Crippen LogP contribution in [0.15, 0.2) is 29.8 Å². The molecule has 0 aromatic heterocycles. The second kappa shape index (κ2) is 7.69. The highest BCUT2D eigenvalue weighted by molar-refractivity contribution is 5.97. The van der Waals surface area contributed by atoms with Crippen molar-refractivity contribution in [1.29, 1.82) is 0 Å². The van der Waals surface area contributed by atoms with Gasteiger partial charge >= 0.3 is 0 Å². The maximum absolute atomic E-state index is 12.3. The fourth-order valence-electron chi connectivity index (χ4n) is 2.32. The average Bonchev–Trinajstić information content (AvgIpc) is 2.55. The van der Waals surface area contributed by atoms with Gasteiger partial charge in [-0.15, -0.1) is 0 Å². The number of ether oxygens (including phenoxy) is 2. The molecule has 114 valence electrons. The Morgan fingerprint density at radius 3 is 2.86 bits per heavy atom. The number of benzene rings is 1. The number of hydrogen-bond donors (Lipinski definition) is 2. The van der Waals surface area contributed by atoms with Crippen LogP contribution in [0, 0.1) is 0 Å². The van der Waals surface area contributed by atoms with Gasteiger partial charge in [0, 0.05) is 13.1 Å². The lowest BCUT2D eigenvalue weighted by molar-refractivity contribution is 0.0950.